The van der Waals surface area contributed by atoms with Gasteiger partial charge in [0, 0.05) is 18.2 Å². The zero-order valence-electron chi connectivity index (χ0n) is 17.5. The number of esters is 1. The van der Waals surface area contributed by atoms with Crippen LogP contribution in [0.1, 0.15) is 26.3 Å². The number of hydrogen-bond donors (Lipinski definition) is 1. The number of nitrogens with one attached hydrogen (secondary N) is 1. The Labute approximate surface area is 191 Å². The van der Waals surface area contributed by atoms with Gasteiger partial charge in [-0.25, -0.2) is 10.2 Å². The molecule has 12 nitrogen and oxygen atoms in total. The fourth-order valence-electron chi connectivity index (χ4n) is 2.78. The Morgan fingerprint density at radius 3 is 2.29 bits per heavy atom. The van der Waals surface area contributed by atoms with Crippen LogP contribution < -0.4 is 14.9 Å². The van der Waals surface area contributed by atoms with E-state index < -0.39 is 21.7 Å². The smallest absolute Gasteiger partial charge is 0.343 e. The highest BCUT2D eigenvalue weighted by Crippen LogP contribution is 2.28. The highest BCUT2D eigenvalue weighted by Gasteiger charge is 2.19. The molecule has 0 saturated heterocycles. The second-order valence-electron chi connectivity index (χ2n) is 6.58. The van der Waals surface area contributed by atoms with Gasteiger partial charge in [0.1, 0.15) is 5.56 Å². The lowest BCUT2D eigenvalue weighted by atomic mass is 10.2. The maximum atomic E-state index is 12.3. The summed E-state index contributed by atoms with van der Waals surface area (Å²) in [6, 6.07) is 14.8. The van der Waals surface area contributed by atoms with E-state index in [1.165, 1.54) is 80.1 Å². The van der Waals surface area contributed by atoms with E-state index in [0.717, 1.165) is 0 Å². The van der Waals surface area contributed by atoms with Crippen molar-refractivity contribution in [2.45, 2.75) is 0 Å². The first-order chi connectivity index (χ1) is 16.3. The van der Waals surface area contributed by atoms with Gasteiger partial charge in [0.05, 0.1) is 28.7 Å². The summed E-state index contributed by atoms with van der Waals surface area (Å²) in [6.07, 6.45) is 1.27. The summed E-state index contributed by atoms with van der Waals surface area (Å²) in [5.41, 5.74) is 2.13. The molecule has 34 heavy (non-hydrogen) atoms. The van der Waals surface area contributed by atoms with E-state index in [-0.39, 0.29) is 34.0 Å². The zero-order valence-corrected chi connectivity index (χ0v) is 17.5. The number of para-hydroxylation sites is 1. The largest absolute Gasteiger partial charge is 0.493 e. The number of benzene rings is 3. The van der Waals surface area contributed by atoms with Crippen molar-refractivity contribution in [3.63, 3.8) is 0 Å². The number of nitrogens with zero attached hydrogens (tertiary/aromatic N) is 3. The molecule has 172 valence electrons. The van der Waals surface area contributed by atoms with Crippen LogP contribution in [-0.2, 0) is 0 Å². The lowest BCUT2D eigenvalue weighted by Crippen LogP contribution is -2.18. The normalized spacial score (nSPS) is 10.5. The Bertz CT molecular complexity index is 1290. The molecule has 0 aliphatic rings. The molecule has 0 saturated carbocycles. The number of nitro groups is 2. The van der Waals surface area contributed by atoms with Gasteiger partial charge in [-0.15, -0.1) is 0 Å². The number of non-ortho nitro benzene ring substituents is 1. The predicted molar refractivity (Wildman–Crippen MR) is 119 cm³/mol. The highest BCUT2D eigenvalue weighted by atomic mass is 16.6. The van der Waals surface area contributed by atoms with Crippen molar-refractivity contribution in [2.75, 3.05) is 7.11 Å². The van der Waals surface area contributed by atoms with Crippen LogP contribution in [0, 0.1) is 20.2 Å². The van der Waals surface area contributed by atoms with E-state index in [1.807, 2.05) is 0 Å². The maximum absolute atomic E-state index is 12.3. The molecule has 0 aliphatic carbocycles. The van der Waals surface area contributed by atoms with Gasteiger partial charge < -0.3 is 9.47 Å². The van der Waals surface area contributed by atoms with Crippen LogP contribution in [0.3, 0.4) is 0 Å². The number of rotatable bonds is 8. The monoisotopic (exact) mass is 464 g/mol. The van der Waals surface area contributed by atoms with Gasteiger partial charge >= 0.3 is 5.97 Å². The van der Waals surface area contributed by atoms with Gasteiger partial charge in [0.25, 0.3) is 17.3 Å². The van der Waals surface area contributed by atoms with Crippen molar-refractivity contribution in [1.29, 1.82) is 0 Å². The number of nitro benzene ring substituents is 2. The molecule has 0 radical (unpaired) electrons. The van der Waals surface area contributed by atoms with Crippen LogP contribution in [0.2, 0.25) is 0 Å². The van der Waals surface area contributed by atoms with Crippen LogP contribution in [0.5, 0.6) is 11.5 Å². The Kier molecular flexibility index (Phi) is 7.24. The predicted octanol–water partition coefficient (Wildman–Crippen LogP) is 3.49. The van der Waals surface area contributed by atoms with E-state index in [9.17, 15) is 29.8 Å². The number of hydrazone groups is 1. The average Bonchev–Trinajstić information content (AvgIpc) is 2.84. The molecule has 0 aromatic heterocycles. The second-order valence-corrected chi connectivity index (χ2v) is 6.58. The molecule has 0 heterocycles. The quantitative estimate of drug-likeness (QED) is 0.174. The van der Waals surface area contributed by atoms with Crippen molar-refractivity contribution in [1.82, 2.24) is 5.43 Å². The first kappa shape index (κ1) is 23.5. The van der Waals surface area contributed by atoms with Crippen molar-refractivity contribution in [3.05, 3.63) is 104 Å². The number of ether oxygens (including phenoxy) is 2. The minimum atomic E-state index is -0.760. The molecule has 0 bridgehead atoms. The average molecular weight is 464 g/mol. The Morgan fingerprint density at radius 2 is 1.65 bits per heavy atom. The Balaban J connectivity index is 1.69. The van der Waals surface area contributed by atoms with E-state index in [0.29, 0.717) is 5.56 Å². The number of hydrogen-bond acceptors (Lipinski definition) is 9. The van der Waals surface area contributed by atoms with E-state index in [2.05, 4.69) is 10.5 Å². The molecule has 1 N–H and O–H groups in total. The van der Waals surface area contributed by atoms with Gasteiger partial charge in [-0.05, 0) is 42.0 Å². The molecule has 0 aliphatic heterocycles. The van der Waals surface area contributed by atoms with Crippen LogP contribution >= 0.6 is 0 Å². The van der Waals surface area contributed by atoms with Gasteiger partial charge in [-0.2, -0.15) is 5.10 Å². The third-order valence-corrected chi connectivity index (χ3v) is 4.43. The fraction of sp³-hybridized carbons (Fsp3) is 0.0455. The summed E-state index contributed by atoms with van der Waals surface area (Å²) in [5, 5.41) is 25.6. The van der Waals surface area contributed by atoms with Crippen molar-refractivity contribution >= 4 is 29.5 Å². The summed E-state index contributed by atoms with van der Waals surface area (Å²) < 4.78 is 10.5. The molecule has 1 amide bonds. The van der Waals surface area contributed by atoms with Gasteiger partial charge in [0.2, 0.25) is 0 Å². The SMILES string of the molecule is COc1cc(/C=N\NC(=O)c2ccccc2[N+](=O)[O-])ccc1OC(=O)c1ccc([N+](=O)[O-])cc1. The maximum Gasteiger partial charge on any atom is 0.343 e. The van der Waals surface area contributed by atoms with Crippen molar-refractivity contribution < 1.29 is 28.9 Å². The minimum Gasteiger partial charge on any atom is -0.493 e. The summed E-state index contributed by atoms with van der Waals surface area (Å²) in [5.74, 6) is -1.23. The van der Waals surface area contributed by atoms with Gasteiger partial charge in [0.15, 0.2) is 11.5 Å². The number of carbonyl (C=O) groups is 2. The molecule has 12 heteroatoms. The van der Waals surface area contributed by atoms with Crippen LogP contribution in [0.15, 0.2) is 71.8 Å². The highest BCUT2D eigenvalue weighted by molar-refractivity contribution is 5.98. The van der Waals surface area contributed by atoms with Gasteiger partial charge in [-0.3, -0.25) is 25.0 Å². The van der Waals surface area contributed by atoms with Crippen LogP contribution in [-0.4, -0.2) is 35.0 Å². The summed E-state index contributed by atoms with van der Waals surface area (Å²) in [7, 11) is 1.36. The minimum absolute atomic E-state index is 0.0898. The molecule has 3 aromatic carbocycles. The van der Waals surface area contributed by atoms with Crippen LogP contribution in [0.4, 0.5) is 11.4 Å². The van der Waals surface area contributed by atoms with E-state index in [4.69, 9.17) is 9.47 Å². The molecule has 3 aromatic rings. The second kappa shape index (κ2) is 10.5. The molecule has 0 unspecified atom stereocenters. The number of amides is 1. The summed E-state index contributed by atoms with van der Waals surface area (Å²) in [4.78, 5) is 45.1. The van der Waals surface area contributed by atoms with Crippen molar-refractivity contribution in [2.24, 2.45) is 5.10 Å². The molecule has 3 rings (SSSR count). The van der Waals surface area contributed by atoms with Crippen molar-refractivity contribution in [3.8, 4) is 11.5 Å². The topological polar surface area (TPSA) is 163 Å². The Hall–Kier alpha value is -5.13. The lowest BCUT2D eigenvalue weighted by Gasteiger charge is -2.10. The van der Waals surface area contributed by atoms with E-state index in [1.54, 1.807) is 0 Å². The zero-order chi connectivity index (χ0) is 24.7. The van der Waals surface area contributed by atoms with E-state index >= 15 is 0 Å². The number of carbonyl (C=O) groups excluding carboxylic acids is 2. The summed E-state index contributed by atoms with van der Waals surface area (Å²) >= 11 is 0. The molecular formula is C22H16N4O8. The van der Waals surface area contributed by atoms with Crippen LogP contribution in [0.25, 0.3) is 0 Å². The molecule has 0 fully saturated rings. The summed E-state index contributed by atoms with van der Waals surface area (Å²) in [6.45, 7) is 0. The Morgan fingerprint density at radius 1 is 0.941 bits per heavy atom. The number of methoxy groups -OCH3 is 1. The van der Waals surface area contributed by atoms with Gasteiger partial charge in [-0.1, -0.05) is 12.1 Å². The standard InChI is InChI=1S/C22H16N4O8/c1-33-20-12-14(13-23-24-21(27)17-4-2-3-5-18(17)26(31)32)6-11-19(20)34-22(28)15-7-9-16(10-8-15)25(29)30/h2-13H,1H3,(H,24,27)/b23-13-. The third kappa shape index (κ3) is 5.56. The molecule has 0 spiro atoms. The molecule has 0 atom stereocenters. The first-order valence-corrected chi connectivity index (χ1v) is 9.51. The fourth-order valence-corrected chi connectivity index (χ4v) is 2.78. The lowest BCUT2D eigenvalue weighted by molar-refractivity contribution is -0.385. The molecular weight excluding hydrogens is 448 g/mol. The first-order valence-electron chi connectivity index (χ1n) is 9.51. The third-order valence-electron chi connectivity index (χ3n) is 4.43.